The molecule has 22 heavy (non-hydrogen) atoms. The molecule has 1 aromatic carbocycles. The van der Waals surface area contributed by atoms with E-state index in [1.54, 1.807) is 12.1 Å². The first-order valence-electron chi connectivity index (χ1n) is 7.78. The molecule has 1 saturated heterocycles. The Kier molecular flexibility index (Phi) is 5.40. The van der Waals surface area contributed by atoms with Gasteiger partial charge >= 0.3 is 6.09 Å². The van der Waals surface area contributed by atoms with E-state index in [0.717, 1.165) is 31.5 Å². The minimum atomic E-state index is -0.505. The third kappa shape index (κ3) is 5.30. The lowest BCUT2D eigenvalue weighted by Gasteiger charge is -2.33. The number of amides is 1. The van der Waals surface area contributed by atoms with E-state index in [2.05, 4.69) is 10.6 Å². The molecule has 0 unspecified atom stereocenters. The summed E-state index contributed by atoms with van der Waals surface area (Å²) in [7, 11) is 0. The first-order valence-corrected chi connectivity index (χ1v) is 7.78. The van der Waals surface area contributed by atoms with Crippen LogP contribution in [0.4, 0.5) is 9.18 Å². The zero-order valence-electron chi connectivity index (χ0n) is 13.5. The summed E-state index contributed by atoms with van der Waals surface area (Å²) in [6.45, 7) is 7.20. The monoisotopic (exact) mass is 308 g/mol. The molecule has 1 amide bonds. The van der Waals surface area contributed by atoms with Crippen molar-refractivity contribution in [2.75, 3.05) is 13.1 Å². The fraction of sp³-hybridized carbons (Fsp3) is 0.588. The number of piperidine rings is 1. The number of ether oxygens (including phenoxy) is 1. The van der Waals surface area contributed by atoms with Gasteiger partial charge in [0, 0.05) is 12.6 Å². The van der Waals surface area contributed by atoms with Crippen LogP contribution in [0, 0.1) is 11.7 Å². The number of alkyl carbamates (subject to hydrolysis) is 1. The van der Waals surface area contributed by atoms with Gasteiger partial charge in [-0.15, -0.1) is 0 Å². The van der Waals surface area contributed by atoms with Crippen LogP contribution in [-0.4, -0.2) is 30.8 Å². The van der Waals surface area contributed by atoms with Gasteiger partial charge in [-0.05, 0) is 63.8 Å². The van der Waals surface area contributed by atoms with Crippen LogP contribution in [0.25, 0.3) is 0 Å². The maximum Gasteiger partial charge on any atom is 0.407 e. The molecule has 2 atom stereocenters. The summed E-state index contributed by atoms with van der Waals surface area (Å²) < 4.78 is 18.6. The Balaban J connectivity index is 1.97. The van der Waals surface area contributed by atoms with E-state index in [-0.39, 0.29) is 23.9 Å². The molecule has 1 heterocycles. The highest BCUT2D eigenvalue weighted by atomic mass is 19.1. The molecule has 1 aromatic rings. The summed E-state index contributed by atoms with van der Waals surface area (Å²) in [6.07, 6.45) is 1.19. The van der Waals surface area contributed by atoms with Crippen molar-refractivity contribution in [3.8, 4) is 0 Å². The fourth-order valence-corrected chi connectivity index (χ4v) is 2.75. The minimum Gasteiger partial charge on any atom is -0.444 e. The average molecular weight is 308 g/mol. The third-order valence-corrected chi connectivity index (χ3v) is 3.70. The van der Waals surface area contributed by atoms with E-state index in [1.807, 2.05) is 26.8 Å². The predicted octanol–water partition coefficient (Wildman–Crippen LogP) is 2.87. The third-order valence-electron chi connectivity index (χ3n) is 3.70. The van der Waals surface area contributed by atoms with Crippen molar-refractivity contribution in [1.82, 2.24) is 10.6 Å². The number of carbonyl (C=O) groups is 1. The van der Waals surface area contributed by atoms with Crippen molar-refractivity contribution < 1.29 is 13.9 Å². The Morgan fingerprint density at radius 2 is 2.23 bits per heavy atom. The van der Waals surface area contributed by atoms with E-state index in [1.165, 1.54) is 6.07 Å². The van der Waals surface area contributed by atoms with Gasteiger partial charge in [0.15, 0.2) is 0 Å². The Morgan fingerprint density at radius 1 is 1.45 bits per heavy atom. The number of benzene rings is 1. The van der Waals surface area contributed by atoms with E-state index >= 15 is 0 Å². The van der Waals surface area contributed by atoms with Gasteiger partial charge in [0.1, 0.15) is 11.4 Å². The first-order chi connectivity index (χ1) is 10.3. The molecule has 1 aliphatic heterocycles. The summed E-state index contributed by atoms with van der Waals surface area (Å²) in [5.74, 6) is 0.000915. The zero-order valence-corrected chi connectivity index (χ0v) is 13.5. The number of nitrogens with one attached hydrogen (secondary N) is 2. The van der Waals surface area contributed by atoms with Crippen molar-refractivity contribution in [2.24, 2.45) is 5.92 Å². The molecule has 4 nitrogen and oxygen atoms in total. The fourth-order valence-electron chi connectivity index (χ4n) is 2.75. The summed E-state index contributed by atoms with van der Waals surface area (Å²) in [5, 5.41) is 6.30. The molecular formula is C17H25FN2O2. The lowest BCUT2D eigenvalue weighted by atomic mass is 9.87. The number of halogens is 1. The quantitative estimate of drug-likeness (QED) is 0.903. The second-order valence-electron chi connectivity index (χ2n) is 6.84. The predicted molar refractivity (Wildman–Crippen MR) is 84.2 cm³/mol. The Bertz CT molecular complexity index is 514. The van der Waals surface area contributed by atoms with Gasteiger partial charge in [0.05, 0.1) is 0 Å². The smallest absolute Gasteiger partial charge is 0.407 e. The van der Waals surface area contributed by atoms with Gasteiger partial charge in [-0.2, -0.15) is 0 Å². The van der Waals surface area contributed by atoms with E-state index in [0.29, 0.717) is 0 Å². The SMILES string of the molecule is CC(C)(C)OC(=O)N[C@@H]1CCNC[C@@H]1Cc1cccc(F)c1. The minimum absolute atomic E-state index is 0.0411. The average Bonchev–Trinajstić information content (AvgIpc) is 2.39. The lowest BCUT2D eigenvalue weighted by Crippen LogP contribution is -2.51. The zero-order chi connectivity index (χ0) is 16.2. The molecule has 1 fully saturated rings. The summed E-state index contributed by atoms with van der Waals surface area (Å²) >= 11 is 0. The van der Waals surface area contributed by atoms with Crippen molar-refractivity contribution >= 4 is 6.09 Å². The van der Waals surface area contributed by atoms with Gasteiger partial charge in [-0.25, -0.2) is 9.18 Å². The molecule has 2 rings (SSSR count). The van der Waals surface area contributed by atoms with Crippen molar-refractivity contribution in [1.29, 1.82) is 0 Å². The standard InChI is InChI=1S/C17H25FN2O2/c1-17(2,3)22-16(21)20-15-7-8-19-11-13(15)9-12-5-4-6-14(18)10-12/h4-6,10,13,15,19H,7-9,11H2,1-3H3,(H,20,21)/t13-,15+/m0/s1. The van der Waals surface area contributed by atoms with Crippen LogP contribution in [-0.2, 0) is 11.2 Å². The summed E-state index contributed by atoms with van der Waals surface area (Å²) in [5.41, 5.74) is 0.444. The molecule has 1 aliphatic rings. The van der Waals surface area contributed by atoms with Crippen LogP contribution in [0.15, 0.2) is 24.3 Å². The van der Waals surface area contributed by atoms with Crippen LogP contribution >= 0.6 is 0 Å². The number of hydrogen-bond acceptors (Lipinski definition) is 3. The van der Waals surface area contributed by atoms with Gasteiger partial charge in [-0.3, -0.25) is 0 Å². The molecule has 5 heteroatoms. The molecule has 0 saturated carbocycles. The summed E-state index contributed by atoms with van der Waals surface area (Å²) in [6, 6.07) is 6.68. The normalized spacial score (nSPS) is 22.2. The first kappa shape index (κ1) is 16.7. The highest BCUT2D eigenvalue weighted by molar-refractivity contribution is 5.68. The molecular weight excluding hydrogens is 283 g/mol. The summed E-state index contributed by atoms with van der Waals surface area (Å²) in [4.78, 5) is 12.0. The molecule has 0 aliphatic carbocycles. The largest absolute Gasteiger partial charge is 0.444 e. The Hall–Kier alpha value is -1.62. The number of rotatable bonds is 3. The van der Waals surface area contributed by atoms with E-state index in [9.17, 15) is 9.18 Å². The highest BCUT2D eigenvalue weighted by Crippen LogP contribution is 2.19. The molecule has 2 N–H and O–H groups in total. The number of hydrogen-bond donors (Lipinski definition) is 2. The Labute approximate surface area is 131 Å². The van der Waals surface area contributed by atoms with Gasteiger partial charge in [0.2, 0.25) is 0 Å². The van der Waals surface area contributed by atoms with E-state index in [4.69, 9.17) is 4.74 Å². The van der Waals surface area contributed by atoms with Crippen LogP contribution < -0.4 is 10.6 Å². The topological polar surface area (TPSA) is 50.4 Å². The van der Waals surface area contributed by atoms with Gasteiger partial charge in [-0.1, -0.05) is 12.1 Å². The lowest BCUT2D eigenvalue weighted by molar-refractivity contribution is 0.0473. The van der Waals surface area contributed by atoms with Gasteiger partial charge in [0.25, 0.3) is 0 Å². The maximum atomic E-state index is 13.3. The van der Waals surface area contributed by atoms with E-state index < -0.39 is 5.60 Å². The van der Waals surface area contributed by atoms with Crippen LogP contribution in [0.1, 0.15) is 32.8 Å². The van der Waals surface area contributed by atoms with Crippen molar-refractivity contribution in [2.45, 2.75) is 45.3 Å². The van der Waals surface area contributed by atoms with Gasteiger partial charge < -0.3 is 15.4 Å². The van der Waals surface area contributed by atoms with Crippen LogP contribution in [0.3, 0.4) is 0 Å². The van der Waals surface area contributed by atoms with Crippen molar-refractivity contribution in [3.05, 3.63) is 35.6 Å². The second-order valence-corrected chi connectivity index (χ2v) is 6.84. The number of carbonyl (C=O) groups excluding carboxylic acids is 1. The maximum absolute atomic E-state index is 13.3. The van der Waals surface area contributed by atoms with Crippen molar-refractivity contribution in [3.63, 3.8) is 0 Å². The molecule has 0 bridgehead atoms. The highest BCUT2D eigenvalue weighted by Gasteiger charge is 2.28. The molecule has 0 radical (unpaired) electrons. The van der Waals surface area contributed by atoms with Crippen LogP contribution in [0.2, 0.25) is 0 Å². The molecule has 122 valence electrons. The molecule has 0 spiro atoms. The van der Waals surface area contributed by atoms with Crippen LogP contribution in [0.5, 0.6) is 0 Å². The second kappa shape index (κ2) is 7.09. The Morgan fingerprint density at radius 3 is 2.91 bits per heavy atom. The molecule has 0 aromatic heterocycles.